The Kier molecular flexibility index (Phi) is 2.34. The molecular weight excluding hydrogens is 282 g/mol. The lowest BCUT2D eigenvalue weighted by atomic mass is 10.2. The predicted molar refractivity (Wildman–Crippen MR) is 68.9 cm³/mol. The summed E-state index contributed by atoms with van der Waals surface area (Å²) in [6.45, 7) is 0. The Labute approximate surface area is 107 Å². The molecule has 5 heteroatoms. The van der Waals surface area contributed by atoms with E-state index in [1.54, 1.807) is 7.11 Å². The molecule has 1 fully saturated rings. The van der Waals surface area contributed by atoms with Crippen LogP contribution in [0.25, 0.3) is 10.9 Å². The van der Waals surface area contributed by atoms with Crippen molar-refractivity contribution in [3.63, 3.8) is 0 Å². The van der Waals surface area contributed by atoms with Gasteiger partial charge in [0, 0.05) is 4.47 Å². The molecule has 17 heavy (non-hydrogen) atoms. The largest absolute Gasteiger partial charge is 0.480 e. The highest BCUT2D eigenvalue weighted by Crippen LogP contribution is 2.42. The second-order valence-corrected chi connectivity index (χ2v) is 5.20. The molecule has 1 aromatic carbocycles. The van der Waals surface area contributed by atoms with Gasteiger partial charge in [0.05, 0.1) is 23.6 Å². The number of hydrogen-bond donors (Lipinski definition) is 1. The van der Waals surface area contributed by atoms with Crippen molar-refractivity contribution in [3.8, 4) is 5.88 Å². The summed E-state index contributed by atoms with van der Waals surface area (Å²) in [5, 5.41) is 0.892. The van der Waals surface area contributed by atoms with Crippen molar-refractivity contribution in [1.82, 2.24) is 9.97 Å². The first kappa shape index (κ1) is 10.9. The van der Waals surface area contributed by atoms with Gasteiger partial charge in [-0.25, -0.2) is 4.98 Å². The number of methoxy groups -OCH3 is 1. The lowest BCUT2D eigenvalue weighted by molar-refractivity contribution is 0.398. The number of nitrogens with zero attached hydrogens (tertiary/aromatic N) is 2. The average Bonchev–Trinajstić information content (AvgIpc) is 3.07. The fourth-order valence-electron chi connectivity index (χ4n) is 1.84. The van der Waals surface area contributed by atoms with E-state index in [1.165, 1.54) is 0 Å². The highest BCUT2D eigenvalue weighted by Gasteiger charge is 2.43. The third-order valence-corrected chi connectivity index (χ3v) is 3.73. The highest BCUT2D eigenvalue weighted by atomic mass is 79.9. The molecule has 1 aliphatic rings. The van der Waals surface area contributed by atoms with Crippen LogP contribution in [0.2, 0.25) is 0 Å². The number of benzene rings is 1. The van der Waals surface area contributed by atoms with Gasteiger partial charge in [0.15, 0.2) is 5.82 Å². The molecule has 1 heterocycles. The van der Waals surface area contributed by atoms with E-state index in [9.17, 15) is 0 Å². The van der Waals surface area contributed by atoms with Gasteiger partial charge < -0.3 is 10.5 Å². The minimum Gasteiger partial charge on any atom is -0.480 e. The minimum absolute atomic E-state index is 0.343. The van der Waals surface area contributed by atoms with Crippen LogP contribution in [0, 0.1) is 0 Å². The Morgan fingerprint density at radius 1 is 1.35 bits per heavy atom. The fourth-order valence-corrected chi connectivity index (χ4v) is 2.36. The Morgan fingerprint density at radius 2 is 2.12 bits per heavy atom. The summed E-state index contributed by atoms with van der Waals surface area (Å²) < 4.78 is 6.27. The molecule has 0 saturated heterocycles. The molecular formula is C12H12BrN3O. The molecule has 4 nitrogen and oxygen atoms in total. The van der Waals surface area contributed by atoms with Crippen molar-refractivity contribution in [2.24, 2.45) is 5.73 Å². The molecule has 0 aliphatic heterocycles. The monoisotopic (exact) mass is 293 g/mol. The van der Waals surface area contributed by atoms with Gasteiger partial charge in [0.1, 0.15) is 0 Å². The molecule has 0 radical (unpaired) electrons. The maximum Gasteiger partial charge on any atom is 0.225 e. The molecule has 0 atom stereocenters. The van der Waals surface area contributed by atoms with E-state index in [4.69, 9.17) is 10.5 Å². The maximum absolute atomic E-state index is 6.13. The van der Waals surface area contributed by atoms with Crippen LogP contribution in [0.15, 0.2) is 22.7 Å². The molecule has 0 unspecified atom stereocenters. The predicted octanol–water partition coefficient (Wildman–Crippen LogP) is 2.35. The molecule has 0 bridgehead atoms. The van der Waals surface area contributed by atoms with Crippen LogP contribution in [-0.2, 0) is 5.54 Å². The van der Waals surface area contributed by atoms with Gasteiger partial charge >= 0.3 is 0 Å². The number of aromatic nitrogens is 2. The van der Waals surface area contributed by atoms with Crippen LogP contribution in [0.4, 0.5) is 0 Å². The molecule has 3 rings (SSSR count). The molecule has 1 saturated carbocycles. The first-order valence-electron chi connectivity index (χ1n) is 5.44. The van der Waals surface area contributed by atoms with Crippen molar-refractivity contribution in [1.29, 1.82) is 0 Å². The maximum atomic E-state index is 6.13. The summed E-state index contributed by atoms with van der Waals surface area (Å²) in [5.41, 5.74) is 6.64. The first-order chi connectivity index (χ1) is 8.14. The van der Waals surface area contributed by atoms with Gasteiger partial charge in [0.2, 0.25) is 5.88 Å². The zero-order valence-electron chi connectivity index (χ0n) is 9.40. The van der Waals surface area contributed by atoms with E-state index in [0.29, 0.717) is 11.7 Å². The van der Waals surface area contributed by atoms with Crippen LogP contribution < -0.4 is 10.5 Å². The lowest BCUT2D eigenvalue weighted by Gasteiger charge is -2.12. The Morgan fingerprint density at radius 3 is 2.76 bits per heavy atom. The topological polar surface area (TPSA) is 61.0 Å². The Hall–Kier alpha value is -1.20. The van der Waals surface area contributed by atoms with E-state index in [0.717, 1.165) is 28.2 Å². The van der Waals surface area contributed by atoms with Gasteiger partial charge in [-0.05, 0) is 40.9 Å². The second-order valence-electron chi connectivity index (χ2n) is 4.35. The zero-order chi connectivity index (χ0) is 12.0. The molecule has 0 spiro atoms. The summed E-state index contributed by atoms with van der Waals surface area (Å²) in [6, 6.07) is 5.83. The smallest absolute Gasteiger partial charge is 0.225 e. The lowest BCUT2D eigenvalue weighted by Crippen LogP contribution is -2.22. The zero-order valence-corrected chi connectivity index (χ0v) is 11.0. The van der Waals surface area contributed by atoms with Crippen molar-refractivity contribution < 1.29 is 4.74 Å². The van der Waals surface area contributed by atoms with E-state index < -0.39 is 0 Å². The standard InChI is InChI=1S/C12H12BrN3O/c1-17-10-9-7(13)3-2-4-8(9)15-11(16-10)12(14)5-6-12/h2-4H,5-6,14H2,1H3. The van der Waals surface area contributed by atoms with Gasteiger partial charge in [-0.15, -0.1) is 0 Å². The molecule has 0 amide bonds. The normalized spacial score (nSPS) is 17.1. The second kappa shape index (κ2) is 3.65. The highest BCUT2D eigenvalue weighted by molar-refractivity contribution is 9.10. The number of fused-ring (bicyclic) bond motifs is 1. The molecule has 1 aliphatic carbocycles. The van der Waals surface area contributed by atoms with Gasteiger partial charge in [-0.2, -0.15) is 4.98 Å². The van der Waals surface area contributed by atoms with Crippen molar-refractivity contribution in [2.45, 2.75) is 18.4 Å². The van der Waals surface area contributed by atoms with Gasteiger partial charge in [0.25, 0.3) is 0 Å². The third-order valence-electron chi connectivity index (χ3n) is 3.07. The van der Waals surface area contributed by atoms with Crippen LogP contribution in [0.1, 0.15) is 18.7 Å². The van der Waals surface area contributed by atoms with Crippen LogP contribution in [0.3, 0.4) is 0 Å². The minimum atomic E-state index is -0.343. The van der Waals surface area contributed by atoms with E-state index in [2.05, 4.69) is 25.9 Å². The van der Waals surface area contributed by atoms with Crippen molar-refractivity contribution >= 4 is 26.8 Å². The summed E-state index contributed by atoms with van der Waals surface area (Å²) in [5.74, 6) is 1.26. The molecule has 88 valence electrons. The number of hydrogen-bond acceptors (Lipinski definition) is 4. The fraction of sp³-hybridized carbons (Fsp3) is 0.333. The van der Waals surface area contributed by atoms with Gasteiger partial charge in [-0.1, -0.05) is 6.07 Å². The third kappa shape index (κ3) is 1.70. The van der Waals surface area contributed by atoms with Gasteiger partial charge in [-0.3, -0.25) is 0 Å². The molecule has 2 N–H and O–H groups in total. The summed E-state index contributed by atoms with van der Waals surface area (Å²) in [6.07, 6.45) is 1.88. The number of halogens is 1. The number of rotatable bonds is 2. The Bertz CT molecular complexity index is 596. The van der Waals surface area contributed by atoms with Crippen LogP contribution in [-0.4, -0.2) is 17.1 Å². The number of ether oxygens (including phenoxy) is 1. The van der Waals surface area contributed by atoms with Crippen molar-refractivity contribution in [3.05, 3.63) is 28.5 Å². The summed E-state index contributed by atoms with van der Waals surface area (Å²) in [7, 11) is 1.61. The Balaban J connectivity index is 2.30. The van der Waals surface area contributed by atoms with E-state index in [1.807, 2.05) is 18.2 Å². The molecule has 1 aromatic heterocycles. The van der Waals surface area contributed by atoms with E-state index in [-0.39, 0.29) is 5.54 Å². The number of nitrogens with two attached hydrogens (primary N) is 1. The quantitative estimate of drug-likeness (QED) is 0.923. The average molecular weight is 294 g/mol. The SMILES string of the molecule is COc1nc(C2(N)CC2)nc2cccc(Br)c12. The summed E-state index contributed by atoms with van der Waals surface area (Å²) >= 11 is 3.49. The molecule has 2 aromatic rings. The first-order valence-corrected chi connectivity index (χ1v) is 6.23. The van der Waals surface area contributed by atoms with Crippen molar-refractivity contribution in [2.75, 3.05) is 7.11 Å². The van der Waals surface area contributed by atoms with Crippen LogP contribution in [0.5, 0.6) is 5.88 Å². The summed E-state index contributed by atoms with van der Waals surface area (Å²) in [4.78, 5) is 8.96. The van der Waals surface area contributed by atoms with E-state index >= 15 is 0 Å². The van der Waals surface area contributed by atoms with Crippen LogP contribution >= 0.6 is 15.9 Å².